The molecule has 3 aromatic rings. The zero-order valence-corrected chi connectivity index (χ0v) is 14.6. The van der Waals surface area contributed by atoms with Gasteiger partial charge in [0.1, 0.15) is 11.5 Å². The number of hydrogen-bond acceptors (Lipinski definition) is 5. The average molecular weight is 422 g/mol. The van der Waals surface area contributed by atoms with Crippen LogP contribution in [0.3, 0.4) is 0 Å². The molecule has 5 nitrogen and oxygen atoms in total. The molecule has 0 atom stereocenters. The summed E-state index contributed by atoms with van der Waals surface area (Å²) in [5.74, 6) is 1.83. The lowest BCUT2D eigenvalue weighted by Gasteiger charge is -2.07. The van der Waals surface area contributed by atoms with E-state index in [-0.39, 0.29) is 12.4 Å². The third-order valence-corrected chi connectivity index (χ3v) is 4.04. The van der Waals surface area contributed by atoms with E-state index in [9.17, 15) is 5.11 Å². The van der Waals surface area contributed by atoms with Crippen molar-refractivity contribution >= 4 is 22.6 Å². The molecule has 1 aromatic heterocycles. The molecule has 3 rings (SSSR count). The molecule has 0 aliphatic heterocycles. The number of aromatic nitrogens is 2. The fourth-order valence-electron chi connectivity index (χ4n) is 2.15. The highest BCUT2D eigenvalue weighted by Gasteiger charge is 2.10. The van der Waals surface area contributed by atoms with Gasteiger partial charge in [-0.05, 0) is 59.3 Å². The van der Waals surface area contributed by atoms with E-state index in [1.807, 2.05) is 18.2 Å². The van der Waals surface area contributed by atoms with Crippen LogP contribution in [0.25, 0.3) is 0 Å². The fourth-order valence-corrected chi connectivity index (χ4v) is 2.76. The van der Waals surface area contributed by atoms with Gasteiger partial charge in [0.05, 0.1) is 0 Å². The van der Waals surface area contributed by atoms with Crippen molar-refractivity contribution in [3.05, 3.63) is 68.9 Å². The molecule has 0 bridgehead atoms. The Bertz CT molecular complexity index is 817. The van der Waals surface area contributed by atoms with Gasteiger partial charge in [0.2, 0.25) is 0 Å². The molecule has 0 aliphatic carbocycles. The number of benzene rings is 2. The molecule has 0 amide bonds. The Kier molecular flexibility index (Phi) is 4.80. The second-order valence-electron chi connectivity index (χ2n) is 5.10. The molecule has 0 radical (unpaired) electrons. The first-order chi connectivity index (χ1) is 11.1. The third kappa shape index (κ3) is 4.01. The van der Waals surface area contributed by atoms with Crippen LogP contribution in [0.1, 0.15) is 22.8 Å². The smallest absolute Gasteiger partial charge is 0.264 e. The van der Waals surface area contributed by atoms with Crippen molar-refractivity contribution in [2.75, 3.05) is 0 Å². The number of phenols is 1. The largest absolute Gasteiger partial charge is 0.508 e. The average Bonchev–Trinajstić information content (AvgIpc) is 2.96. The molecule has 2 aromatic carbocycles. The Morgan fingerprint density at radius 2 is 2.04 bits per heavy atom. The number of nitrogens with zero attached hydrogens (tertiary/aromatic N) is 2. The quantitative estimate of drug-likeness (QED) is 0.633. The number of ether oxygens (including phenoxy) is 1. The summed E-state index contributed by atoms with van der Waals surface area (Å²) >= 11 is 2.27. The molecule has 0 aliphatic rings. The van der Waals surface area contributed by atoms with Gasteiger partial charge in [-0.15, -0.1) is 0 Å². The number of aromatic hydroxyl groups is 1. The van der Waals surface area contributed by atoms with Gasteiger partial charge in [0.15, 0.2) is 12.4 Å². The number of halogens is 1. The van der Waals surface area contributed by atoms with Gasteiger partial charge in [0.25, 0.3) is 5.89 Å². The summed E-state index contributed by atoms with van der Waals surface area (Å²) in [5.41, 5.74) is 1.82. The Morgan fingerprint density at radius 3 is 2.87 bits per heavy atom. The van der Waals surface area contributed by atoms with Crippen molar-refractivity contribution in [1.29, 1.82) is 0 Å². The molecule has 0 unspecified atom stereocenters. The van der Waals surface area contributed by atoms with Gasteiger partial charge in [-0.3, -0.25) is 0 Å². The normalized spacial score (nSPS) is 10.7. The maximum atomic E-state index is 9.66. The predicted octanol–water partition coefficient (Wildman–Crippen LogP) is 3.86. The molecule has 1 heterocycles. The van der Waals surface area contributed by atoms with E-state index in [2.05, 4.69) is 38.8 Å². The van der Waals surface area contributed by atoms with Crippen LogP contribution in [0.5, 0.6) is 11.5 Å². The molecular weight excluding hydrogens is 407 g/mol. The molecule has 1 N–H and O–H groups in total. The highest BCUT2D eigenvalue weighted by molar-refractivity contribution is 14.1. The van der Waals surface area contributed by atoms with Crippen LogP contribution in [0.15, 0.2) is 47.0 Å². The van der Waals surface area contributed by atoms with Crippen LogP contribution in [0.4, 0.5) is 0 Å². The van der Waals surface area contributed by atoms with Crippen molar-refractivity contribution in [3.63, 3.8) is 0 Å². The maximum absolute atomic E-state index is 9.66. The Balaban J connectivity index is 1.64. The minimum atomic E-state index is 0.170. The van der Waals surface area contributed by atoms with Crippen LogP contribution in [0.2, 0.25) is 0 Å². The van der Waals surface area contributed by atoms with Crippen molar-refractivity contribution in [2.24, 2.45) is 0 Å². The molecular formula is C17H15IN2O3. The fraction of sp³-hybridized carbons (Fsp3) is 0.176. The lowest BCUT2D eigenvalue weighted by atomic mass is 10.1. The van der Waals surface area contributed by atoms with E-state index < -0.39 is 0 Å². The first-order valence-corrected chi connectivity index (χ1v) is 8.17. The Hall–Kier alpha value is -2.09. The van der Waals surface area contributed by atoms with Gasteiger partial charge in [0, 0.05) is 15.6 Å². The summed E-state index contributed by atoms with van der Waals surface area (Å²) in [6, 6.07) is 13.3. The summed E-state index contributed by atoms with van der Waals surface area (Å²) < 4.78 is 12.0. The monoisotopic (exact) mass is 422 g/mol. The van der Waals surface area contributed by atoms with E-state index >= 15 is 0 Å². The number of rotatable bonds is 5. The highest BCUT2D eigenvalue weighted by atomic mass is 127. The summed E-state index contributed by atoms with van der Waals surface area (Å²) in [6.07, 6.45) is 0.617. The number of hydrogen-bond donors (Lipinski definition) is 1. The predicted molar refractivity (Wildman–Crippen MR) is 93.4 cm³/mol. The maximum Gasteiger partial charge on any atom is 0.264 e. The molecule has 118 valence electrons. The van der Waals surface area contributed by atoms with E-state index in [1.54, 1.807) is 25.1 Å². The van der Waals surface area contributed by atoms with Crippen molar-refractivity contribution in [3.8, 4) is 11.5 Å². The molecule has 0 saturated heterocycles. The SMILES string of the molecule is Cc1c(O)cccc1OCc1nc(Cc2cccc(I)c2)no1. The molecule has 6 heteroatoms. The summed E-state index contributed by atoms with van der Waals surface area (Å²) in [6.45, 7) is 1.96. The molecule has 23 heavy (non-hydrogen) atoms. The van der Waals surface area contributed by atoms with E-state index in [1.165, 1.54) is 3.57 Å². The van der Waals surface area contributed by atoms with E-state index in [4.69, 9.17) is 9.26 Å². The van der Waals surface area contributed by atoms with Crippen LogP contribution in [-0.2, 0) is 13.0 Å². The minimum absolute atomic E-state index is 0.170. The van der Waals surface area contributed by atoms with Gasteiger partial charge in [-0.2, -0.15) is 4.98 Å². The zero-order chi connectivity index (χ0) is 16.2. The summed E-state index contributed by atoms with van der Waals surface area (Å²) in [7, 11) is 0. The Morgan fingerprint density at radius 1 is 1.22 bits per heavy atom. The number of phenolic OH excluding ortho intramolecular Hbond substituents is 1. The van der Waals surface area contributed by atoms with Crippen LogP contribution >= 0.6 is 22.6 Å². The molecule has 0 fully saturated rings. The van der Waals surface area contributed by atoms with E-state index in [0.717, 1.165) is 5.56 Å². The molecule has 0 spiro atoms. The van der Waals surface area contributed by atoms with Gasteiger partial charge in [-0.25, -0.2) is 0 Å². The third-order valence-electron chi connectivity index (χ3n) is 3.37. The van der Waals surface area contributed by atoms with Gasteiger partial charge < -0.3 is 14.4 Å². The highest BCUT2D eigenvalue weighted by Crippen LogP contribution is 2.26. The van der Waals surface area contributed by atoms with Gasteiger partial charge >= 0.3 is 0 Å². The second-order valence-corrected chi connectivity index (χ2v) is 6.35. The van der Waals surface area contributed by atoms with Crippen LogP contribution in [0, 0.1) is 10.5 Å². The second kappa shape index (κ2) is 6.99. The van der Waals surface area contributed by atoms with Crippen molar-refractivity contribution in [1.82, 2.24) is 10.1 Å². The Labute approximate surface area is 147 Å². The van der Waals surface area contributed by atoms with Crippen molar-refractivity contribution < 1.29 is 14.4 Å². The zero-order valence-electron chi connectivity index (χ0n) is 12.5. The first-order valence-electron chi connectivity index (χ1n) is 7.09. The lowest BCUT2D eigenvalue weighted by Crippen LogP contribution is -1.98. The molecule has 0 saturated carbocycles. The van der Waals surface area contributed by atoms with E-state index in [0.29, 0.717) is 29.4 Å². The topological polar surface area (TPSA) is 68.4 Å². The van der Waals surface area contributed by atoms with Crippen molar-refractivity contribution in [2.45, 2.75) is 20.0 Å². The minimum Gasteiger partial charge on any atom is -0.508 e. The van der Waals surface area contributed by atoms with Crippen LogP contribution in [-0.4, -0.2) is 15.2 Å². The summed E-state index contributed by atoms with van der Waals surface area (Å²) in [4.78, 5) is 4.33. The standard InChI is InChI=1S/C17H15IN2O3/c1-11-14(21)6-3-7-15(11)22-10-17-19-16(20-23-17)9-12-4-2-5-13(18)8-12/h2-8,21H,9-10H2,1H3. The lowest BCUT2D eigenvalue weighted by molar-refractivity contribution is 0.240. The summed E-state index contributed by atoms with van der Waals surface area (Å²) in [5, 5.41) is 13.6. The first kappa shape index (κ1) is 15.8. The van der Waals surface area contributed by atoms with Crippen LogP contribution < -0.4 is 4.74 Å². The van der Waals surface area contributed by atoms with Gasteiger partial charge in [-0.1, -0.05) is 23.4 Å².